The molecule has 1 aromatic carbocycles. The van der Waals surface area contributed by atoms with E-state index in [2.05, 4.69) is 0 Å². The third-order valence-corrected chi connectivity index (χ3v) is 5.04. The summed E-state index contributed by atoms with van der Waals surface area (Å²) in [5.41, 5.74) is 5.78. The number of benzene rings is 1. The molecule has 0 aromatic heterocycles. The lowest BCUT2D eigenvalue weighted by Crippen LogP contribution is -2.48. The summed E-state index contributed by atoms with van der Waals surface area (Å²) in [6.07, 6.45) is 4.55. The largest absolute Gasteiger partial charge is 0.493 e. The zero-order chi connectivity index (χ0) is 17.1. The molecule has 0 radical (unpaired) electrons. The van der Waals surface area contributed by atoms with Crippen LogP contribution in [-0.4, -0.2) is 49.3 Å². The Kier molecular flexibility index (Phi) is 5.36. The van der Waals surface area contributed by atoms with Crippen LogP contribution in [0.1, 0.15) is 42.5 Å². The number of rotatable bonds is 6. The molecule has 2 aliphatic heterocycles. The molecule has 132 valence electrons. The molecule has 0 aliphatic carbocycles. The highest BCUT2D eigenvalue weighted by Crippen LogP contribution is 2.38. The normalized spacial score (nSPS) is 25.8. The Morgan fingerprint density at radius 3 is 2.67 bits per heavy atom. The maximum absolute atomic E-state index is 13.7. The number of amides is 1. The molecule has 2 saturated heterocycles. The third kappa shape index (κ3) is 3.39. The number of carbonyl (C=O) groups is 1. The number of hydrogen-bond acceptors (Lipinski definition) is 4. The molecule has 5 nitrogen and oxygen atoms in total. The van der Waals surface area contributed by atoms with Gasteiger partial charge in [0.05, 0.1) is 18.3 Å². The van der Waals surface area contributed by atoms with Gasteiger partial charge in [0.15, 0.2) is 0 Å². The van der Waals surface area contributed by atoms with Crippen molar-refractivity contribution in [1.29, 1.82) is 0 Å². The number of fused-ring (bicyclic) bond motifs is 2. The van der Waals surface area contributed by atoms with Crippen LogP contribution >= 0.6 is 0 Å². The zero-order valence-electron chi connectivity index (χ0n) is 14.0. The Balaban J connectivity index is 1.81. The van der Waals surface area contributed by atoms with Gasteiger partial charge in [0.25, 0.3) is 5.91 Å². The molecule has 3 rings (SSSR count). The van der Waals surface area contributed by atoms with Gasteiger partial charge in [0.1, 0.15) is 11.6 Å². The van der Waals surface area contributed by atoms with E-state index < -0.39 is 5.82 Å². The first-order valence-corrected chi connectivity index (χ1v) is 8.62. The maximum atomic E-state index is 13.7. The molecule has 2 bridgehead atoms. The van der Waals surface area contributed by atoms with Gasteiger partial charge in [-0.2, -0.15) is 0 Å². The summed E-state index contributed by atoms with van der Waals surface area (Å²) in [7, 11) is 1.72. The van der Waals surface area contributed by atoms with Crippen LogP contribution in [0.2, 0.25) is 0 Å². The van der Waals surface area contributed by atoms with Gasteiger partial charge in [0.2, 0.25) is 0 Å². The number of methoxy groups -OCH3 is 1. The van der Waals surface area contributed by atoms with E-state index in [1.165, 1.54) is 18.2 Å². The van der Waals surface area contributed by atoms with Crippen LogP contribution in [0.4, 0.5) is 4.39 Å². The smallest absolute Gasteiger partial charge is 0.258 e. The molecule has 2 unspecified atom stereocenters. The fraction of sp³-hybridized carbons (Fsp3) is 0.611. The second-order valence-electron chi connectivity index (χ2n) is 6.56. The highest BCUT2D eigenvalue weighted by Gasteiger charge is 2.44. The molecule has 0 saturated carbocycles. The summed E-state index contributed by atoms with van der Waals surface area (Å²) in [5, 5.41) is 0. The van der Waals surface area contributed by atoms with Crippen LogP contribution in [-0.2, 0) is 4.74 Å². The first kappa shape index (κ1) is 17.2. The lowest BCUT2D eigenvalue weighted by atomic mass is 9.98. The second kappa shape index (κ2) is 7.49. The zero-order valence-corrected chi connectivity index (χ0v) is 14.0. The minimum atomic E-state index is -0.427. The number of carbonyl (C=O) groups excluding carboxylic acids is 1. The number of halogens is 1. The molecule has 2 heterocycles. The van der Waals surface area contributed by atoms with Gasteiger partial charge < -0.3 is 20.1 Å². The van der Waals surface area contributed by atoms with Crippen molar-refractivity contribution in [3.8, 4) is 5.75 Å². The highest BCUT2D eigenvalue weighted by molar-refractivity contribution is 5.97. The second-order valence-corrected chi connectivity index (χ2v) is 6.56. The number of ether oxygens (including phenoxy) is 2. The van der Waals surface area contributed by atoms with E-state index in [-0.39, 0.29) is 24.1 Å². The van der Waals surface area contributed by atoms with Crippen LogP contribution in [0.5, 0.6) is 5.75 Å². The summed E-state index contributed by atoms with van der Waals surface area (Å²) in [6, 6.07) is 4.47. The number of nitrogens with two attached hydrogens (primary N) is 1. The van der Waals surface area contributed by atoms with E-state index in [0.29, 0.717) is 30.9 Å². The first-order valence-electron chi connectivity index (χ1n) is 8.62. The summed E-state index contributed by atoms with van der Waals surface area (Å²) < 4.78 is 24.9. The summed E-state index contributed by atoms with van der Waals surface area (Å²) in [5.74, 6) is -0.133. The Labute approximate surface area is 141 Å². The van der Waals surface area contributed by atoms with Crippen molar-refractivity contribution in [2.75, 3.05) is 20.3 Å². The Bertz CT molecular complexity index is 582. The lowest BCUT2D eigenvalue weighted by molar-refractivity contribution is 0.00804. The monoisotopic (exact) mass is 336 g/mol. The minimum Gasteiger partial charge on any atom is -0.493 e. The Morgan fingerprint density at radius 2 is 2.04 bits per heavy atom. The fourth-order valence-electron chi connectivity index (χ4n) is 3.85. The quantitative estimate of drug-likeness (QED) is 0.810. The van der Waals surface area contributed by atoms with Crippen molar-refractivity contribution >= 4 is 5.91 Å². The SMILES string of the molecule is COC1CC2CCC(C1)N2C(=O)c1cc(F)ccc1OCCCN. The van der Waals surface area contributed by atoms with Crippen LogP contribution < -0.4 is 10.5 Å². The first-order chi connectivity index (χ1) is 11.6. The van der Waals surface area contributed by atoms with Gasteiger partial charge in [-0.15, -0.1) is 0 Å². The molecule has 2 atom stereocenters. The van der Waals surface area contributed by atoms with E-state index in [9.17, 15) is 9.18 Å². The Hall–Kier alpha value is -1.66. The number of nitrogens with zero attached hydrogens (tertiary/aromatic N) is 1. The van der Waals surface area contributed by atoms with Crippen molar-refractivity contribution in [2.45, 2.75) is 50.3 Å². The Morgan fingerprint density at radius 1 is 1.33 bits per heavy atom. The van der Waals surface area contributed by atoms with E-state index >= 15 is 0 Å². The molecule has 6 heteroatoms. The minimum absolute atomic E-state index is 0.140. The summed E-state index contributed by atoms with van der Waals surface area (Å²) >= 11 is 0. The maximum Gasteiger partial charge on any atom is 0.258 e. The van der Waals surface area contributed by atoms with Crippen LogP contribution in [0, 0.1) is 5.82 Å². The van der Waals surface area contributed by atoms with Crippen molar-refractivity contribution in [2.24, 2.45) is 5.73 Å². The molecular weight excluding hydrogens is 311 g/mol. The molecule has 0 spiro atoms. The van der Waals surface area contributed by atoms with E-state index in [1.807, 2.05) is 4.90 Å². The van der Waals surface area contributed by atoms with Gasteiger partial charge >= 0.3 is 0 Å². The average molecular weight is 336 g/mol. The van der Waals surface area contributed by atoms with E-state index in [4.69, 9.17) is 15.2 Å². The molecular formula is C18H25FN2O3. The molecule has 1 aromatic rings. The molecule has 2 fully saturated rings. The van der Waals surface area contributed by atoms with Gasteiger partial charge in [-0.3, -0.25) is 4.79 Å². The summed E-state index contributed by atoms with van der Waals surface area (Å²) in [6.45, 7) is 0.931. The van der Waals surface area contributed by atoms with Crippen molar-refractivity contribution in [1.82, 2.24) is 4.90 Å². The van der Waals surface area contributed by atoms with Crippen LogP contribution in [0.15, 0.2) is 18.2 Å². The highest BCUT2D eigenvalue weighted by atomic mass is 19.1. The standard InChI is InChI=1S/C18H25FN2O3/c1-23-15-10-13-4-5-14(11-15)21(13)18(22)16-9-12(19)3-6-17(16)24-8-2-7-20/h3,6,9,13-15H,2,4-5,7-8,10-11,20H2,1H3. The fourth-order valence-corrected chi connectivity index (χ4v) is 3.85. The van der Waals surface area contributed by atoms with Gasteiger partial charge in [-0.05, 0) is 56.8 Å². The van der Waals surface area contributed by atoms with Gasteiger partial charge in [-0.25, -0.2) is 4.39 Å². The predicted molar refractivity (Wildman–Crippen MR) is 88.6 cm³/mol. The van der Waals surface area contributed by atoms with Crippen molar-refractivity contribution < 1.29 is 18.7 Å². The topological polar surface area (TPSA) is 64.8 Å². The number of hydrogen-bond donors (Lipinski definition) is 1. The van der Waals surface area contributed by atoms with Gasteiger partial charge in [0, 0.05) is 19.2 Å². The van der Waals surface area contributed by atoms with Crippen molar-refractivity contribution in [3.63, 3.8) is 0 Å². The van der Waals surface area contributed by atoms with E-state index in [1.54, 1.807) is 7.11 Å². The molecule has 2 aliphatic rings. The average Bonchev–Trinajstić information content (AvgIpc) is 2.85. The van der Waals surface area contributed by atoms with Crippen LogP contribution in [0.3, 0.4) is 0 Å². The lowest BCUT2D eigenvalue weighted by Gasteiger charge is -2.38. The third-order valence-electron chi connectivity index (χ3n) is 5.04. The van der Waals surface area contributed by atoms with Crippen LogP contribution in [0.25, 0.3) is 0 Å². The van der Waals surface area contributed by atoms with Gasteiger partial charge in [-0.1, -0.05) is 0 Å². The van der Waals surface area contributed by atoms with Crippen molar-refractivity contribution in [3.05, 3.63) is 29.6 Å². The molecule has 1 amide bonds. The predicted octanol–water partition coefficient (Wildman–Crippen LogP) is 2.34. The number of piperidine rings is 1. The van der Waals surface area contributed by atoms with E-state index in [0.717, 1.165) is 25.7 Å². The summed E-state index contributed by atoms with van der Waals surface area (Å²) in [4.78, 5) is 15.0. The molecule has 24 heavy (non-hydrogen) atoms. The molecule has 2 N–H and O–H groups in total.